The smallest absolute Gasteiger partial charge is 0.129 e. The second kappa shape index (κ2) is 6.32. The van der Waals surface area contributed by atoms with Crippen LogP contribution in [0.3, 0.4) is 0 Å². The van der Waals surface area contributed by atoms with Gasteiger partial charge in [-0.15, -0.1) is 0 Å². The molecule has 1 aliphatic rings. The van der Waals surface area contributed by atoms with E-state index in [2.05, 4.69) is 49.9 Å². The quantitative estimate of drug-likeness (QED) is 0.924. The number of halogens is 1. The molecule has 4 heteroatoms. The van der Waals surface area contributed by atoms with Crippen LogP contribution in [-0.2, 0) is 6.54 Å². The van der Waals surface area contributed by atoms with E-state index in [0.717, 1.165) is 30.9 Å². The van der Waals surface area contributed by atoms with Crippen LogP contribution in [0.5, 0.6) is 0 Å². The predicted octanol–water partition coefficient (Wildman–Crippen LogP) is 2.85. The van der Waals surface area contributed by atoms with Crippen LogP contribution in [0.15, 0.2) is 18.2 Å². The number of benzene rings is 1. The number of hydrogen-bond donors (Lipinski definition) is 1. The van der Waals surface area contributed by atoms with Crippen LogP contribution < -0.4 is 10.2 Å². The molecule has 1 aromatic carbocycles. The Kier molecular flexibility index (Phi) is 4.89. The first-order chi connectivity index (χ1) is 9.78. The molecule has 3 nitrogen and oxygen atoms in total. The van der Waals surface area contributed by atoms with Crippen LogP contribution in [0.2, 0.25) is 0 Å². The van der Waals surface area contributed by atoms with Crippen molar-refractivity contribution >= 4 is 5.69 Å². The number of piperazine rings is 1. The second-order valence-electron chi connectivity index (χ2n) is 7.15. The normalized spacial score (nSPS) is 20.9. The van der Waals surface area contributed by atoms with E-state index < -0.39 is 0 Å². The van der Waals surface area contributed by atoms with Crippen molar-refractivity contribution in [1.29, 1.82) is 0 Å². The summed E-state index contributed by atoms with van der Waals surface area (Å²) < 4.78 is 14.3. The molecule has 21 heavy (non-hydrogen) atoms. The molecule has 118 valence electrons. The van der Waals surface area contributed by atoms with Crippen molar-refractivity contribution < 1.29 is 4.39 Å². The molecule has 1 aromatic rings. The standard InChI is InChI=1S/C17H28FN3/c1-13-12-20(5)9-10-21(13)16-8-6-7-15(18)14(16)11-19-17(2,3)4/h6-8,13,19H,9-12H2,1-5H3. The Hall–Kier alpha value is -1.13. The summed E-state index contributed by atoms with van der Waals surface area (Å²) in [5.41, 5.74) is 1.80. The van der Waals surface area contributed by atoms with E-state index in [0.29, 0.717) is 12.6 Å². The molecular weight excluding hydrogens is 265 g/mol. The highest BCUT2D eigenvalue weighted by Gasteiger charge is 2.25. The topological polar surface area (TPSA) is 18.5 Å². The molecule has 1 fully saturated rings. The van der Waals surface area contributed by atoms with E-state index in [1.54, 1.807) is 6.07 Å². The third-order valence-electron chi connectivity index (χ3n) is 4.03. The fraction of sp³-hybridized carbons (Fsp3) is 0.647. The Balaban J connectivity index is 2.24. The lowest BCUT2D eigenvalue weighted by Gasteiger charge is -2.41. The third kappa shape index (κ3) is 4.17. The van der Waals surface area contributed by atoms with Crippen LogP contribution in [0.4, 0.5) is 10.1 Å². The highest BCUT2D eigenvalue weighted by atomic mass is 19.1. The maximum atomic E-state index is 14.3. The Bertz CT molecular complexity index is 481. The van der Waals surface area contributed by atoms with Gasteiger partial charge in [0.15, 0.2) is 0 Å². The van der Waals surface area contributed by atoms with Gasteiger partial charge in [0, 0.05) is 49.0 Å². The lowest BCUT2D eigenvalue weighted by Crippen LogP contribution is -2.51. The minimum Gasteiger partial charge on any atom is -0.366 e. The maximum absolute atomic E-state index is 14.3. The molecule has 1 aliphatic heterocycles. The van der Waals surface area contributed by atoms with Gasteiger partial charge >= 0.3 is 0 Å². The molecule has 1 saturated heterocycles. The molecule has 1 unspecified atom stereocenters. The van der Waals surface area contributed by atoms with Gasteiger partial charge in [-0.3, -0.25) is 0 Å². The van der Waals surface area contributed by atoms with E-state index in [1.807, 2.05) is 12.1 Å². The molecule has 0 radical (unpaired) electrons. The van der Waals surface area contributed by atoms with Crippen molar-refractivity contribution in [3.8, 4) is 0 Å². The molecular formula is C17H28FN3. The third-order valence-corrected chi connectivity index (χ3v) is 4.03. The summed E-state index contributed by atoms with van der Waals surface area (Å²) in [6.07, 6.45) is 0. The van der Waals surface area contributed by atoms with Gasteiger partial charge in [0.25, 0.3) is 0 Å². The SMILES string of the molecule is CC1CN(C)CCN1c1cccc(F)c1CNC(C)(C)C. The first kappa shape index (κ1) is 16.2. The summed E-state index contributed by atoms with van der Waals surface area (Å²) in [7, 11) is 2.14. The Morgan fingerprint density at radius 3 is 2.62 bits per heavy atom. The summed E-state index contributed by atoms with van der Waals surface area (Å²) in [5.74, 6) is -0.115. The van der Waals surface area contributed by atoms with E-state index in [-0.39, 0.29) is 11.4 Å². The highest BCUT2D eigenvalue weighted by molar-refractivity contribution is 5.55. The average Bonchev–Trinajstić information content (AvgIpc) is 2.36. The first-order valence-corrected chi connectivity index (χ1v) is 7.75. The van der Waals surface area contributed by atoms with Crippen molar-refractivity contribution in [3.63, 3.8) is 0 Å². The molecule has 1 N–H and O–H groups in total. The van der Waals surface area contributed by atoms with Crippen LogP contribution in [-0.4, -0.2) is 43.2 Å². The molecule has 2 rings (SSSR count). The minimum atomic E-state index is -0.115. The number of nitrogens with one attached hydrogen (secondary N) is 1. The van der Waals surface area contributed by atoms with E-state index >= 15 is 0 Å². The van der Waals surface area contributed by atoms with Gasteiger partial charge in [0.2, 0.25) is 0 Å². The number of likely N-dealkylation sites (N-methyl/N-ethyl adjacent to an activating group) is 1. The van der Waals surface area contributed by atoms with Crippen molar-refractivity contribution in [3.05, 3.63) is 29.6 Å². The monoisotopic (exact) mass is 293 g/mol. The van der Waals surface area contributed by atoms with Gasteiger partial charge in [-0.1, -0.05) is 6.07 Å². The maximum Gasteiger partial charge on any atom is 0.129 e. The van der Waals surface area contributed by atoms with Crippen LogP contribution >= 0.6 is 0 Å². The summed E-state index contributed by atoms with van der Waals surface area (Å²) in [4.78, 5) is 4.66. The predicted molar refractivity (Wildman–Crippen MR) is 87.3 cm³/mol. The molecule has 0 amide bonds. The van der Waals surface area contributed by atoms with Crippen LogP contribution in [0, 0.1) is 5.82 Å². The fourth-order valence-electron chi connectivity index (χ4n) is 2.84. The number of nitrogens with zero attached hydrogens (tertiary/aromatic N) is 2. The minimum absolute atomic E-state index is 0.0206. The molecule has 0 spiro atoms. The molecule has 1 atom stereocenters. The summed E-state index contributed by atoms with van der Waals surface area (Å²) >= 11 is 0. The molecule has 0 saturated carbocycles. The van der Waals surface area contributed by atoms with Gasteiger partial charge in [-0.25, -0.2) is 4.39 Å². The molecule has 0 aliphatic carbocycles. The van der Waals surface area contributed by atoms with E-state index in [4.69, 9.17) is 0 Å². The molecule has 0 aromatic heterocycles. The van der Waals surface area contributed by atoms with Gasteiger partial charge in [0.1, 0.15) is 5.82 Å². The summed E-state index contributed by atoms with van der Waals surface area (Å²) in [5, 5.41) is 3.41. The number of anilines is 1. The summed E-state index contributed by atoms with van der Waals surface area (Å²) in [6.45, 7) is 12.1. The van der Waals surface area contributed by atoms with Crippen molar-refractivity contribution in [2.75, 3.05) is 31.6 Å². The fourth-order valence-corrected chi connectivity index (χ4v) is 2.84. The van der Waals surface area contributed by atoms with Crippen LogP contribution in [0.1, 0.15) is 33.3 Å². The zero-order valence-corrected chi connectivity index (χ0v) is 13.9. The number of hydrogen-bond acceptors (Lipinski definition) is 3. The molecule has 0 bridgehead atoms. The van der Waals surface area contributed by atoms with Crippen molar-refractivity contribution in [2.24, 2.45) is 0 Å². The Morgan fingerprint density at radius 2 is 2.00 bits per heavy atom. The van der Waals surface area contributed by atoms with Gasteiger partial charge in [-0.2, -0.15) is 0 Å². The lowest BCUT2D eigenvalue weighted by molar-refractivity contribution is 0.275. The first-order valence-electron chi connectivity index (χ1n) is 7.75. The zero-order valence-electron chi connectivity index (χ0n) is 13.9. The van der Waals surface area contributed by atoms with Gasteiger partial charge < -0.3 is 15.1 Å². The van der Waals surface area contributed by atoms with Crippen molar-refractivity contribution in [1.82, 2.24) is 10.2 Å². The average molecular weight is 293 g/mol. The van der Waals surface area contributed by atoms with Crippen molar-refractivity contribution in [2.45, 2.75) is 45.8 Å². The van der Waals surface area contributed by atoms with Gasteiger partial charge in [-0.05, 0) is 46.9 Å². The number of rotatable bonds is 3. The largest absolute Gasteiger partial charge is 0.366 e. The zero-order chi connectivity index (χ0) is 15.6. The molecule has 1 heterocycles. The van der Waals surface area contributed by atoms with E-state index in [1.165, 1.54) is 0 Å². The van der Waals surface area contributed by atoms with Gasteiger partial charge in [0.05, 0.1) is 0 Å². The Morgan fingerprint density at radius 1 is 1.29 bits per heavy atom. The van der Waals surface area contributed by atoms with E-state index in [9.17, 15) is 4.39 Å². The second-order valence-corrected chi connectivity index (χ2v) is 7.15. The highest BCUT2D eigenvalue weighted by Crippen LogP contribution is 2.27. The van der Waals surface area contributed by atoms with Crippen LogP contribution in [0.25, 0.3) is 0 Å². The lowest BCUT2D eigenvalue weighted by atomic mass is 10.0. The Labute approximate surface area is 128 Å². The summed E-state index contributed by atoms with van der Waals surface area (Å²) in [6, 6.07) is 5.82.